The number of H-pyrrole nitrogens is 1. The standard InChI is InChI=1S/C20H24N4O2/c25-19(18-14-12-21-10-7-15(14)23-24-18)22-16-11-20(8-3-4-9-20)26-17-6-2-1-5-13(16)17/h1-2,5-6,16,21H,3-4,7-12H2,(H,22,25)(H,23,24). The highest BCUT2D eigenvalue weighted by molar-refractivity contribution is 5.94. The zero-order valence-corrected chi connectivity index (χ0v) is 14.8. The van der Waals surface area contributed by atoms with E-state index >= 15 is 0 Å². The topological polar surface area (TPSA) is 79.0 Å². The van der Waals surface area contributed by atoms with Gasteiger partial charge < -0.3 is 15.4 Å². The lowest BCUT2D eigenvalue weighted by molar-refractivity contribution is 0.0360. The van der Waals surface area contributed by atoms with Gasteiger partial charge in [0.25, 0.3) is 5.91 Å². The molecule has 1 aliphatic carbocycles. The molecule has 0 radical (unpaired) electrons. The Morgan fingerprint density at radius 1 is 1.27 bits per heavy atom. The molecule has 2 aliphatic heterocycles. The van der Waals surface area contributed by atoms with Gasteiger partial charge in [-0.15, -0.1) is 0 Å². The van der Waals surface area contributed by atoms with Gasteiger partial charge in [-0.1, -0.05) is 18.2 Å². The Kier molecular flexibility index (Phi) is 3.74. The third-order valence-electron chi connectivity index (χ3n) is 6.04. The van der Waals surface area contributed by atoms with Crippen molar-refractivity contribution in [1.82, 2.24) is 20.8 Å². The minimum absolute atomic E-state index is 0.0329. The third kappa shape index (κ3) is 2.60. The first-order valence-electron chi connectivity index (χ1n) is 9.60. The van der Waals surface area contributed by atoms with Crippen molar-refractivity contribution in [2.24, 2.45) is 0 Å². The summed E-state index contributed by atoms with van der Waals surface area (Å²) in [4.78, 5) is 13.0. The number of para-hydroxylation sites is 1. The van der Waals surface area contributed by atoms with E-state index in [1.54, 1.807) is 0 Å². The summed E-state index contributed by atoms with van der Waals surface area (Å²) in [6.45, 7) is 1.62. The highest BCUT2D eigenvalue weighted by Crippen LogP contribution is 2.47. The Balaban J connectivity index is 1.44. The number of amides is 1. The van der Waals surface area contributed by atoms with E-state index < -0.39 is 0 Å². The SMILES string of the molecule is O=C(NC1CC2(CCCC2)Oc2ccccc21)c1n[nH]c2c1CNCC2. The normalized spacial score (nSPS) is 23.2. The van der Waals surface area contributed by atoms with Crippen LogP contribution in [0.2, 0.25) is 0 Å². The largest absolute Gasteiger partial charge is 0.487 e. The second kappa shape index (κ2) is 6.13. The predicted molar refractivity (Wildman–Crippen MR) is 97.1 cm³/mol. The third-order valence-corrected chi connectivity index (χ3v) is 6.04. The number of benzene rings is 1. The Labute approximate surface area is 152 Å². The maximum atomic E-state index is 13.0. The lowest BCUT2D eigenvalue weighted by Gasteiger charge is -2.40. The zero-order valence-electron chi connectivity index (χ0n) is 14.8. The summed E-state index contributed by atoms with van der Waals surface area (Å²) in [5, 5.41) is 13.9. The van der Waals surface area contributed by atoms with Crippen molar-refractivity contribution in [1.29, 1.82) is 0 Å². The van der Waals surface area contributed by atoms with Crippen molar-refractivity contribution in [2.75, 3.05) is 6.54 Å². The lowest BCUT2D eigenvalue weighted by Crippen LogP contribution is -2.43. The van der Waals surface area contributed by atoms with Crippen molar-refractivity contribution in [3.63, 3.8) is 0 Å². The van der Waals surface area contributed by atoms with Crippen LogP contribution < -0.4 is 15.4 Å². The molecule has 3 aliphatic rings. The van der Waals surface area contributed by atoms with Gasteiger partial charge in [0.2, 0.25) is 0 Å². The Morgan fingerprint density at radius 2 is 2.12 bits per heavy atom. The second-order valence-electron chi connectivity index (χ2n) is 7.72. The molecular formula is C20H24N4O2. The summed E-state index contributed by atoms with van der Waals surface area (Å²) in [5.41, 5.74) is 3.55. The summed E-state index contributed by atoms with van der Waals surface area (Å²) in [5.74, 6) is 0.817. The molecule has 3 heterocycles. The molecule has 1 aromatic heterocycles. The van der Waals surface area contributed by atoms with Crippen molar-refractivity contribution < 1.29 is 9.53 Å². The molecule has 1 fully saturated rings. The average Bonchev–Trinajstić information content (AvgIpc) is 3.29. The van der Waals surface area contributed by atoms with Gasteiger partial charge in [0.1, 0.15) is 11.4 Å². The molecule has 3 N–H and O–H groups in total. The van der Waals surface area contributed by atoms with E-state index in [0.29, 0.717) is 12.2 Å². The first-order valence-corrected chi connectivity index (χ1v) is 9.60. The van der Waals surface area contributed by atoms with E-state index in [2.05, 4.69) is 26.9 Å². The van der Waals surface area contributed by atoms with Gasteiger partial charge in [-0.3, -0.25) is 9.89 Å². The van der Waals surface area contributed by atoms with Crippen LogP contribution in [0.5, 0.6) is 5.75 Å². The summed E-state index contributed by atoms with van der Waals surface area (Å²) < 4.78 is 6.39. The number of hydrogen-bond donors (Lipinski definition) is 3. The zero-order chi connectivity index (χ0) is 17.6. The molecule has 1 amide bonds. The summed E-state index contributed by atoms with van der Waals surface area (Å²) >= 11 is 0. The molecule has 1 saturated carbocycles. The molecule has 1 aromatic carbocycles. The van der Waals surface area contributed by atoms with E-state index in [4.69, 9.17) is 4.74 Å². The molecule has 2 aromatic rings. The van der Waals surface area contributed by atoms with Crippen LogP contribution in [0.25, 0.3) is 0 Å². The molecule has 1 atom stereocenters. The maximum absolute atomic E-state index is 13.0. The van der Waals surface area contributed by atoms with E-state index in [-0.39, 0.29) is 17.6 Å². The first-order chi connectivity index (χ1) is 12.7. The van der Waals surface area contributed by atoms with E-state index in [9.17, 15) is 4.79 Å². The minimum Gasteiger partial charge on any atom is -0.487 e. The van der Waals surface area contributed by atoms with E-state index in [1.807, 2.05) is 18.2 Å². The minimum atomic E-state index is -0.126. The highest BCUT2D eigenvalue weighted by atomic mass is 16.5. The van der Waals surface area contributed by atoms with E-state index in [0.717, 1.165) is 54.8 Å². The molecule has 136 valence electrons. The quantitative estimate of drug-likeness (QED) is 0.776. The number of nitrogens with one attached hydrogen (secondary N) is 3. The summed E-state index contributed by atoms with van der Waals surface area (Å²) in [6.07, 6.45) is 6.24. The van der Waals surface area contributed by atoms with Crippen molar-refractivity contribution in [3.05, 3.63) is 46.8 Å². The molecule has 1 unspecified atom stereocenters. The molecule has 6 heteroatoms. The fourth-order valence-corrected chi connectivity index (χ4v) is 4.71. The van der Waals surface area contributed by atoms with Crippen LogP contribution in [0, 0.1) is 0 Å². The molecule has 0 saturated heterocycles. The predicted octanol–water partition coefficient (Wildman–Crippen LogP) is 2.62. The fourth-order valence-electron chi connectivity index (χ4n) is 4.71. The summed E-state index contributed by atoms with van der Waals surface area (Å²) in [6, 6.07) is 8.06. The van der Waals surface area contributed by atoms with Crippen LogP contribution in [0.3, 0.4) is 0 Å². The summed E-state index contributed by atoms with van der Waals surface area (Å²) in [7, 11) is 0. The monoisotopic (exact) mass is 352 g/mol. The number of rotatable bonds is 2. The molecule has 1 spiro atoms. The lowest BCUT2D eigenvalue weighted by atomic mass is 9.86. The van der Waals surface area contributed by atoms with Gasteiger partial charge in [0.15, 0.2) is 5.69 Å². The highest BCUT2D eigenvalue weighted by Gasteiger charge is 2.43. The van der Waals surface area contributed by atoms with Crippen LogP contribution in [0.15, 0.2) is 24.3 Å². The number of ether oxygens (including phenoxy) is 1. The Hall–Kier alpha value is -2.34. The van der Waals surface area contributed by atoms with Crippen LogP contribution in [0.1, 0.15) is 65.5 Å². The molecule has 26 heavy (non-hydrogen) atoms. The van der Waals surface area contributed by atoms with Crippen molar-refractivity contribution in [3.8, 4) is 5.75 Å². The number of hydrogen-bond acceptors (Lipinski definition) is 4. The number of carbonyl (C=O) groups is 1. The van der Waals surface area contributed by atoms with Crippen molar-refractivity contribution in [2.45, 2.75) is 56.7 Å². The molecule has 0 bridgehead atoms. The molecule has 6 nitrogen and oxygen atoms in total. The molecule has 5 rings (SSSR count). The van der Waals surface area contributed by atoms with Gasteiger partial charge in [0, 0.05) is 42.8 Å². The van der Waals surface area contributed by atoms with E-state index in [1.165, 1.54) is 12.8 Å². The number of fused-ring (bicyclic) bond motifs is 2. The fraction of sp³-hybridized carbons (Fsp3) is 0.500. The van der Waals surface area contributed by atoms with Crippen LogP contribution in [0.4, 0.5) is 0 Å². The van der Waals surface area contributed by atoms with Crippen molar-refractivity contribution >= 4 is 5.91 Å². The van der Waals surface area contributed by atoms with Crippen LogP contribution in [-0.2, 0) is 13.0 Å². The van der Waals surface area contributed by atoms with Gasteiger partial charge >= 0.3 is 0 Å². The van der Waals surface area contributed by atoms with Crippen LogP contribution in [-0.4, -0.2) is 28.3 Å². The smallest absolute Gasteiger partial charge is 0.272 e. The van der Waals surface area contributed by atoms with Gasteiger partial charge in [-0.2, -0.15) is 5.10 Å². The number of nitrogens with zero attached hydrogens (tertiary/aromatic N) is 1. The average molecular weight is 352 g/mol. The second-order valence-corrected chi connectivity index (χ2v) is 7.72. The Bertz CT molecular complexity index is 838. The number of carbonyl (C=O) groups excluding carboxylic acids is 1. The van der Waals surface area contributed by atoms with Gasteiger partial charge in [-0.25, -0.2) is 0 Å². The first kappa shape index (κ1) is 15.9. The van der Waals surface area contributed by atoms with Gasteiger partial charge in [0.05, 0.1) is 6.04 Å². The molecular weight excluding hydrogens is 328 g/mol. The number of aromatic amines is 1. The number of aromatic nitrogens is 2. The van der Waals surface area contributed by atoms with Crippen LogP contribution >= 0.6 is 0 Å². The van der Waals surface area contributed by atoms with Gasteiger partial charge in [-0.05, 0) is 31.7 Å². The maximum Gasteiger partial charge on any atom is 0.272 e. The Morgan fingerprint density at radius 3 is 3.00 bits per heavy atom.